The van der Waals surface area contributed by atoms with E-state index in [9.17, 15) is 9.59 Å². The van der Waals surface area contributed by atoms with E-state index in [-0.39, 0.29) is 24.0 Å². The summed E-state index contributed by atoms with van der Waals surface area (Å²) in [7, 11) is 0. The normalized spacial score (nSPS) is 19.9. The van der Waals surface area contributed by atoms with Crippen LogP contribution in [0.4, 0.5) is 4.79 Å². The monoisotopic (exact) mass is 594 g/mol. The number of fused-ring (bicyclic) bond motifs is 1. The number of carbonyl (C=O) groups is 2. The number of ether oxygens (including phenoxy) is 7. The third-order valence-electron chi connectivity index (χ3n) is 6.14. The smallest absolute Gasteiger partial charge is 0.315 e. The second kappa shape index (κ2) is 24.4. The van der Waals surface area contributed by atoms with Crippen molar-refractivity contribution >= 4 is 23.7 Å². The molecule has 2 fully saturated rings. The van der Waals surface area contributed by atoms with Crippen LogP contribution >= 0.6 is 11.8 Å². The zero-order chi connectivity index (χ0) is 28.5. The minimum absolute atomic E-state index is 0.0483. The topological polar surface area (TPSA) is 161 Å². The van der Waals surface area contributed by atoms with Gasteiger partial charge in [-0.15, -0.1) is 0 Å². The van der Waals surface area contributed by atoms with Gasteiger partial charge in [-0.2, -0.15) is 11.8 Å². The van der Waals surface area contributed by atoms with Gasteiger partial charge in [-0.1, -0.05) is 6.42 Å². The molecule has 0 unspecified atom stereocenters. The SMILES string of the molecule is NCCOCCOCCOCCOCCOCCOCCOCCNC(=O)CCCC[C@@H]1SC[C@@H]2NC(=O)N[C@@H]21. The van der Waals surface area contributed by atoms with E-state index in [1.165, 1.54) is 0 Å². The van der Waals surface area contributed by atoms with Crippen molar-refractivity contribution in [3.05, 3.63) is 0 Å². The molecule has 2 aliphatic rings. The molecule has 5 N–H and O–H groups in total. The molecule has 0 saturated carbocycles. The van der Waals surface area contributed by atoms with Crippen LogP contribution in [0.2, 0.25) is 0 Å². The maximum Gasteiger partial charge on any atom is 0.315 e. The second-order valence-corrected chi connectivity index (χ2v) is 10.6. The van der Waals surface area contributed by atoms with Crippen molar-refractivity contribution in [2.75, 3.05) is 111 Å². The zero-order valence-electron chi connectivity index (χ0n) is 23.7. The summed E-state index contributed by atoms with van der Waals surface area (Å²) >= 11 is 1.90. The largest absolute Gasteiger partial charge is 0.378 e. The number of nitrogens with one attached hydrogen (secondary N) is 3. The molecule has 3 atom stereocenters. The Bertz CT molecular complexity index is 653. The molecule has 2 heterocycles. The Morgan fingerprint density at radius 3 is 1.77 bits per heavy atom. The van der Waals surface area contributed by atoms with Crippen LogP contribution in [-0.2, 0) is 38.0 Å². The summed E-state index contributed by atoms with van der Waals surface area (Å²) in [5.74, 6) is 1.01. The van der Waals surface area contributed by atoms with E-state index < -0.39 is 0 Å². The molecule has 13 nitrogen and oxygen atoms in total. The lowest BCUT2D eigenvalue weighted by Gasteiger charge is -2.16. The van der Waals surface area contributed by atoms with E-state index >= 15 is 0 Å². The number of amides is 3. The van der Waals surface area contributed by atoms with Gasteiger partial charge < -0.3 is 54.8 Å². The maximum atomic E-state index is 12.0. The predicted octanol–water partition coefficient (Wildman–Crippen LogP) is -0.0967. The van der Waals surface area contributed by atoms with E-state index in [0.29, 0.717) is 117 Å². The molecule has 0 aromatic rings. The molecule has 2 rings (SSSR count). The highest BCUT2D eigenvalue weighted by atomic mass is 32.2. The summed E-state index contributed by atoms with van der Waals surface area (Å²) < 4.78 is 37.8. The van der Waals surface area contributed by atoms with Crippen molar-refractivity contribution in [1.82, 2.24) is 16.0 Å². The standard InChI is InChI=1S/C26H50N4O9S/c27-5-7-33-9-11-35-13-15-37-17-19-39-20-18-38-16-14-36-12-10-34-8-6-28-24(31)4-2-1-3-23-25-22(21-40-23)29-26(32)30-25/h22-23,25H,1-21,27H2,(H,28,31)(H2,29,30,32)/t22-,23-,25-/m0/s1. The van der Waals surface area contributed by atoms with Gasteiger partial charge in [-0.05, 0) is 12.8 Å². The molecule has 234 valence electrons. The Morgan fingerprint density at radius 1 is 0.750 bits per heavy atom. The van der Waals surface area contributed by atoms with E-state index in [0.717, 1.165) is 25.0 Å². The molecule has 3 amide bonds. The fourth-order valence-electron chi connectivity index (χ4n) is 4.13. The summed E-state index contributed by atoms with van der Waals surface area (Å²) in [4.78, 5) is 23.4. The van der Waals surface area contributed by atoms with Gasteiger partial charge in [0.1, 0.15) is 0 Å². The van der Waals surface area contributed by atoms with Crippen molar-refractivity contribution in [3.63, 3.8) is 0 Å². The number of rotatable bonds is 28. The van der Waals surface area contributed by atoms with Gasteiger partial charge in [-0.25, -0.2) is 4.79 Å². The van der Waals surface area contributed by atoms with Crippen molar-refractivity contribution in [2.24, 2.45) is 5.73 Å². The quantitative estimate of drug-likeness (QED) is 0.0708. The number of urea groups is 1. The van der Waals surface area contributed by atoms with Crippen LogP contribution in [0.15, 0.2) is 0 Å². The first-order chi connectivity index (χ1) is 19.7. The minimum atomic E-state index is -0.0573. The molecule has 0 bridgehead atoms. The summed E-state index contributed by atoms with van der Waals surface area (Å²) in [6.07, 6.45) is 3.36. The van der Waals surface area contributed by atoms with E-state index in [1.807, 2.05) is 11.8 Å². The van der Waals surface area contributed by atoms with Crippen molar-refractivity contribution in [1.29, 1.82) is 0 Å². The average molecular weight is 595 g/mol. The molecule has 0 aromatic carbocycles. The Morgan fingerprint density at radius 2 is 1.25 bits per heavy atom. The lowest BCUT2D eigenvalue weighted by Crippen LogP contribution is -2.36. The number of hydrogen-bond donors (Lipinski definition) is 4. The molecule has 0 radical (unpaired) electrons. The summed E-state index contributed by atoms with van der Waals surface area (Å²) in [6, 6.07) is 0.423. The third-order valence-corrected chi connectivity index (χ3v) is 7.65. The van der Waals surface area contributed by atoms with Gasteiger partial charge in [0.15, 0.2) is 0 Å². The van der Waals surface area contributed by atoms with E-state index in [4.69, 9.17) is 38.9 Å². The molecular weight excluding hydrogens is 544 g/mol. The van der Waals surface area contributed by atoms with Crippen molar-refractivity contribution in [2.45, 2.75) is 43.0 Å². The molecule has 0 aliphatic carbocycles. The highest BCUT2D eigenvalue weighted by Gasteiger charge is 2.42. The van der Waals surface area contributed by atoms with Gasteiger partial charge in [0.25, 0.3) is 0 Å². The molecule has 0 spiro atoms. The molecule has 2 aliphatic heterocycles. The van der Waals surface area contributed by atoms with E-state index in [1.54, 1.807) is 0 Å². The molecule has 2 saturated heterocycles. The Kier molecular flexibility index (Phi) is 21.3. The van der Waals surface area contributed by atoms with Crippen LogP contribution < -0.4 is 21.7 Å². The first-order valence-electron chi connectivity index (χ1n) is 14.4. The van der Waals surface area contributed by atoms with Gasteiger partial charge >= 0.3 is 6.03 Å². The van der Waals surface area contributed by atoms with Crippen LogP contribution in [0.25, 0.3) is 0 Å². The first-order valence-corrected chi connectivity index (χ1v) is 15.4. The van der Waals surface area contributed by atoms with Gasteiger partial charge in [-0.3, -0.25) is 4.79 Å². The number of carbonyl (C=O) groups excluding carboxylic acids is 2. The first kappa shape index (κ1) is 35.0. The van der Waals surface area contributed by atoms with Gasteiger partial charge in [0.05, 0.1) is 105 Å². The number of nitrogens with two attached hydrogens (primary N) is 1. The average Bonchev–Trinajstić information content (AvgIpc) is 3.50. The lowest BCUT2D eigenvalue weighted by atomic mass is 10.0. The maximum absolute atomic E-state index is 12.0. The van der Waals surface area contributed by atoms with Crippen LogP contribution in [0.1, 0.15) is 25.7 Å². The molecule has 14 heteroatoms. The number of thioether (sulfide) groups is 1. The fraction of sp³-hybridized carbons (Fsp3) is 0.923. The molecule has 0 aromatic heterocycles. The lowest BCUT2D eigenvalue weighted by molar-refractivity contribution is -0.121. The summed E-state index contributed by atoms with van der Waals surface area (Å²) in [5, 5.41) is 9.28. The van der Waals surface area contributed by atoms with Crippen LogP contribution in [0.5, 0.6) is 0 Å². The van der Waals surface area contributed by atoms with Crippen molar-refractivity contribution < 1.29 is 42.7 Å². The van der Waals surface area contributed by atoms with Crippen LogP contribution in [0.3, 0.4) is 0 Å². The highest BCUT2D eigenvalue weighted by molar-refractivity contribution is 8.00. The number of hydrogen-bond acceptors (Lipinski definition) is 11. The van der Waals surface area contributed by atoms with Crippen molar-refractivity contribution in [3.8, 4) is 0 Å². The zero-order valence-corrected chi connectivity index (χ0v) is 24.6. The summed E-state index contributed by atoms with van der Waals surface area (Å²) in [6.45, 7) is 8.13. The van der Waals surface area contributed by atoms with Gasteiger partial charge in [0.2, 0.25) is 5.91 Å². The Balaban J connectivity index is 1.21. The van der Waals surface area contributed by atoms with Crippen LogP contribution in [-0.4, -0.2) is 141 Å². The number of unbranched alkanes of at least 4 members (excludes halogenated alkanes) is 1. The minimum Gasteiger partial charge on any atom is -0.378 e. The Hall–Kier alpha value is -1.23. The Labute approximate surface area is 242 Å². The molecular formula is C26H50N4O9S. The van der Waals surface area contributed by atoms with Gasteiger partial charge in [0, 0.05) is 30.5 Å². The highest BCUT2D eigenvalue weighted by Crippen LogP contribution is 2.33. The third kappa shape index (κ3) is 17.6. The van der Waals surface area contributed by atoms with E-state index in [2.05, 4.69) is 16.0 Å². The summed E-state index contributed by atoms with van der Waals surface area (Å²) in [5.41, 5.74) is 5.32. The molecule has 40 heavy (non-hydrogen) atoms. The van der Waals surface area contributed by atoms with Crippen LogP contribution in [0, 0.1) is 0 Å². The predicted molar refractivity (Wildman–Crippen MR) is 152 cm³/mol. The fourth-order valence-corrected chi connectivity index (χ4v) is 5.67. The second-order valence-electron chi connectivity index (χ2n) is 9.29.